The van der Waals surface area contributed by atoms with Crippen LogP contribution in [-0.2, 0) is 9.59 Å². The molecule has 1 aliphatic heterocycles. The van der Waals surface area contributed by atoms with Crippen molar-refractivity contribution in [3.05, 3.63) is 54.1 Å². The standard InChI is InChI=1S/C22H24N4O2S/c1-16-6-5-7-18(14-16)26-20-9-4-3-8-19(20)23-22(26)29-15-21(28)25-12-10-24(11-13-25)17(2)27/h3-9,14H,10-13,15H2,1-2H3. The SMILES string of the molecule is CC(=O)N1CCN(C(=O)CSc2nc3ccccc3n2-c2cccc(C)c2)CC1. The van der Waals surface area contributed by atoms with Crippen molar-refractivity contribution in [2.45, 2.75) is 19.0 Å². The van der Waals surface area contributed by atoms with Gasteiger partial charge in [-0.15, -0.1) is 0 Å². The third-order valence-corrected chi connectivity index (χ3v) is 6.12. The van der Waals surface area contributed by atoms with Gasteiger partial charge in [0.05, 0.1) is 16.8 Å². The van der Waals surface area contributed by atoms with Crippen LogP contribution in [0.1, 0.15) is 12.5 Å². The Hall–Kier alpha value is -2.80. The lowest BCUT2D eigenvalue weighted by atomic mass is 10.2. The molecular formula is C22H24N4O2S. The van der Waals surface area contributed by atoms with E-state index in [0.29, 0.717) is 31.9 Å². The van der Waals surface area contributed by atoms with Crippen molar-refractivity contribution < 1.29 is 9.59 Å². The van der Waals surface area contributed by atoms with E-state index in [4.69, 9.17) is 4.98 Å². The number of hydrogen-bond acceptors (Lipinski definition) is 4. The van der Waals surface area contributed by atoms with Gasteiger partial charge < -0.3 is 9.80 Å². The van der Waals surface area contributed by atoms with Gasteiger partial charge in [0.1, 0.15) is 0 Å². The van der Waals surface area contributed by atoms with Crippen molar-refractivity contribution >= 4 is 34.6 Å². The smallest absolute Gasteiger partial charge is 0.233 e. The van der Waals surface area contributed by atoms with Gasteiger partial charge in [0.15, 0.2) is 5.16 Å². The average molecular weight is 409 g/mol. The van der Waals surface area contributed by atoms with E-state index < -0.39 is 0 Å². The number of carbonyl (C=O) groups is 2. The Labute approximate surface area is 174 Å². The Kier molecular flexibility index (Phi) is 5.58. The number of hydrogen-bond donors (Lipinski definition) is 0. The summed E-state index contributed by atoms with van der Waals surface area (Å²) >= 11 is 1.46. The van der Waals surface area contributed by atoms with Crippen LogP contribution in [-0.4, -0.2) is 63.1 Å². The number of thioether (sulfide) groups is 1. The number of nitrogens with zero attached hydrogens (tertiary/aromatic N) is 4. The lowest BCUT2D eigenvalue weighted by molar-refractivity contribution is -0.136. The molecule has 1 saturated heterocycles. The molecule has 2 heterocycles. The molecular weight excluding hydrogens is 384 g/mol. The highest BCUT2D eigenvalue weighted by atomic mass is 32.2. The minimum absolute atomic E-state index is 0.0679. The predicted octanol–water partition coefficient (Wildman–Crippen LogP) is 3.12. The number of fused-ring (bicyclic) bond motifs is 1. The highest BCUT2D eigenvalue weighted by Gasteiger charge is 2.23. The van der Waals surface area contributed by atoms with E-state index in [9.17, 15) is 9.59 Å². The molecule has 0 N–H and O–H groups in total. The molecule has 6 nitrogen and oxygen atoms in total. The maximum Gasteiger partial charge on any atom is 0.233 e. The average Bonchev–Trinajstić information content (AvgIpc) is 3.10. The molecule has 150 valence electrons. The van der Waals surface area contributed by atoms with E-state index in [1.54, 1.807) is 11.8 Å². The fraction of sp³-hybridized carbons (Fsp3) is 0.318. The summed E-state index contributed by atoms with van der Waals surface area (Å²) in [6, 6.07) is 16.3. The third kappa shape index (κ3) is 4.15. The third-order valence-electron chi connectivity index (χ3n) is 5.19. The molecule has 29 heavy (non-hydrogen) atoms. The van der Waals surface area contributed by atoms with Crippen molar-refractivity contribution in [2.24, 2.45) is 0 Å². The fourth-order valence-electron chi connectivity index (χ4n) is 3.61. The zero-order chi connectivity index (χ0) is 20.4. The minimum atomic E-state index is 0.0679. The van der Waals surface area contributed by atoms with Crippen LogP contribution < -0.4 is 0 Å². The van der Waals surface area contributed by atoms with Crippen LogP contribution in [0.15, 0.2) is 53.7 Å². The van der Waals surface area contributed by atoms with Crippen molar-refractivity contribution in [2.75, 3.05) is 31.9 Å². The maximum absolute atomic E-state index is 12.7. The first-order valence-electron chi connectivity index (χ1n) is 9.73. The highest BCUT2D eigenvalue weighted by molar-refractivity contribution is 7.99. The van der Waals surface area contributed by atoms with E-state index in [1.807, 2.05) is 29.2 Å². The number of aryl methyl sites for hydroxylation is 1. The van der Waals surface area contributed by atoms with Crippen LogP contribution in [0.5, 0.6) is 0 Å². The second-order valence-corrected chi connectivity index (χ2v) is 8.18. The second kappa shape index (κ2) is 8.29. The largest absolute Gasteiger partial charge is 0.339 e. The molecule has 7 heteroatoms. The zero-order valence-electron chi connectivity index (χ0n) is 16.7. The van der Waals surface area contributed by atoms with E-state index in [2.05, 4.69) is 35.8 Å². The first-order valence-corrected chi connectivity index (χ1v) is 10.7. The predicted molar refractivity (Wildman–Crippen MR) is 115 cm³/mol. The second-order valence-electron chi connectivity index (χ2n) is 7.23. The summed E-state index contributed by atoms with van der Waals surface area (Å²) in [5.41, 5.74) is 4.17. The summed E-state index contributed by atoms with van der Waals surface area (Å²) in [6.45, 7) is 6.03. The van der Waals surface area contributed by atoms with E-state index in [1.165, 1.54) is 17.3 Å². The first kappa shape index (κ1) is 19.5. The van der Waals surface area contributed by atoms with Crippen LogP contribution in [0, 0.1) is 6.92 Å². The van der Waals surface area contributed by atoms with Crippen LogP contribution in [0.25, 0.3) is 16.7 Å². The molecule has 3 aromatic rings. The molecule has 0 bridgehead atoms. The van der Waals surface area contributed by atoms with Crippen LogP contribution in [0.4, 0.5) is 0 Å². The summed E-state index contributed by atoms with van der Waals surface area (Å²) in [6.07, 6.45) is 0. The monoisotopic (exact) mass is 408 g/mol. The summed E-state index contributed by atoms with van der Waals surface area (Å²) in [7, 11) is 0. The van der Waals surface area contributed by atoms with Gasteiger partial charge >= 0.3 is 0 Å². The van der Waals surface area contributed by atoms with E-state index in [-0.39, 0.29) is 11.8 Å². The number of rotatable bonds is 4. The molecule has 0 unspecified atom stereocenters. The molecule has 2 aromatic carbocycles. The first-order chi connectivity index (χ1) is 14.0. The van der Waals surface area contributed by atoms with E-state index in [0.717, 1.165) is 21.9 Å². The van der Waals surface area contributed by atoms with Crippen molar-refractivity contribution in [1.29, 1.82) is 0 Å². The number of para-hydroxylation sites is 2. The molecule has 1 aromatic heterocycles. The Morgan fingerprint density at radius 3 is 2.45 bits per heavy atom. The van der Waals surface area contributed by atoms with E-state index >= 15 is 0 Å². The van der Waals surface area contributed by atoms with Gasteiger partial charge in [0, 0.05) is 38.8 Å². The number of aromatic nitrogens is 2. The topological polar surface area (TPSA) is 58.4 Å². The molecule has 0 spiro atoms. The fourth-order valence-corrected chi connectivity index (χ4v) is 4.54. The minimum Gasteiger partial charge on any atom is -0.339 e. The van der Waals surface area contributed by atoms with Gasteiger partial charge in [-0.05, 0) is 36.8 Å². The van der Waals surface area contributed by atoms with Crippen LogP contribution in [0.3, 0.4) is 0 Å². The van der Waals surface area contributed by atoms with Gasteiger partial charge in [-0.1, -0.05) is 36.0 Å². The number of piperazine rings is 1. The number of amides is 2. The molecule has 1 aliphatic rings. The molecule has 0 radical (unpaired) electrons. The van der Waals surface area contributed by atoms with Gasteiger partial charge in [-0.2, -0.15) is 0 Å². The van der Waals surface area contributed by atoms with Crippen molar-refractivity contribution in [3.8, 4) is 5.69 Å². The molecule has 0 atom stereocenters. The zero-order valence-corrected chi connectivity index (χ0v) is 17.5. The van der Waals surface area contributed by atoms with Crippen LogP contribution >= 0.6 is 11.8 Å². The Bertz CT molecular complexity index is 1050. The van der Waals surface area contributed by atoms with Crippen LogP contribution in [0.2, 0.25) is 0 Å². The summed E-state index contributed by atoms with van der Waals surface area (Å²) in [4.78, 5) is 32.6. The lowest BCUT2D eigenvalue weighted by Crippen LogP contribution is -2.50. The Morgan fingerprint density at radius 2 is 1.72 bits per heavy atom. The molecule has 4 rings (SSSR count). The lowest BCUT2D eigenvalue weighted by Gasteiger charge is -2.34. The number of benzene rings is 2. The Morgan fingerprint density at radius 1 is 1.00 bits per heavy atom. The number of imidazole rings is 1. The summed E-state index contributed by atoms with van der Waals surface area (Å²) < 4.78 is 2.12. The molecule has 0 saturated carbocycles. The van der Waals surface area contributed by atoms with Crippen molar-refractivity contribution in [3.63, 3.8) is 0 Å². The van der Waals surface area contributed by atoms with Gasteiger partial charge in [0.2, 0.25) is 11.8 Å². The quantitative estimate of drug-likeness (QED) is 0.623. The Balaban J connectivity index is 1.53. The summed E-state index contributed by atoms with van der Waals surface area (Å²) in [5.74, 6) is 0.481. The van der Waals surface area contributed by atoms with Gasteiger partial charge in [0.25, 0.3) is 0 Å². The maximum atomic E-state index is 12.7. The van der Waals surface area contributed by atoms with Gasteiger partial charge in [-0.3, -0.25) is 14.2 Å². The van der Waals surface area contributed by atoms with Crippen molar-refractivity contribution in [1.82, 2.24) is 19.4 Å². The summed E-state index contributed by atoms with van der Waals surface area (Å²) in [5, 5.41) is 0.813. The van der Waals surface area contributed by atoms with Gasteiger partial charge in [-0.25, -0.2) is 4.98 Å². The molecule has 2 amide bonds. The molecule has 0 aliphatic carbocycles. The normalized spacial score (nSPS) is 14.4. The number of carbonyl (C=O) groups excluding carboxylic acids is 2. The highest BCUT2D eigenvalue weighted by Crippen LogP contribution is 2.28. The molecule has 1 fully saturated rings.